The second-order valence-electron chi connectivity index (χ2n) is 5.45. The number of ether oxygens (including phenoxy) is 1. The van der Waals surface area contributed by atoms with Gasteiger partial charge in [0.25, 0.3) is 0 Å². The van der Waals surface area contributed by atoms with E-state index in [4.69, 9.17) is 10.00 Å². The summed E-state index contributed by atoms with van der Waals surface area (Å²) in [6.07, 6.45) is 3.63. The molecule has 0 saturated carbocycles. The number of aromatic nitrogens is 1. The highest BCUT2D eigenvalue weighted by Crippen LogP contribution is 2.23. The standard InChI is InChI=1S/C16H23N3O/c1-4-8-20-14-6-5-7-19(11-14)16-9-12(2)15(10-17)13(3)18-16/h9,14H,4-8,11H2,1-3H3. The highest BCUT2D eigenvalue weighted by atomic mass is 16.5. The maximum Gasteiger partial charge on any atom is 0.129 e. The van der Waals surface area contributed by atoms with Crippen molar-refractivity contribution >= 4 is 5.82 Å². The Bertz CT molecular complexity index is 484. The quantitative estimate of drug-likeness (QED) is 0.846. The SMILES string of the molecule is CCCOC1CCCN(c2cc(C)c(C#N)c(C)n2)C1. The summed E-state index contributed by atoms with van der Waals surface area (Å²) in [5.74, 6) is 0.976. The molecule has 0 aliphatic carbocycles. The maximum absolute atomic E-state index is 9.12. The van der Waals surface area contributed by atoms with Gasteiger partial charge in [-0.25, -0.2) is 4.98 Å². The Morgan fingerprint density at radius 1 is 1.50 bits per heavy atom. The van der Waals surface area contributed by atoms with E-state index < -0.39 is 0 Å². The molecular formula is C16H23N3O. The molecule has 1 saturated heterocycles. The van der Waals surface area contributed by atoms with Crippen LogP contribution < -0.4 is 4.90 Å². The lowest BCUT2D eigenvalue weighted by molar-refractivity contribution is 0.0439. The van der Waals surface area contributed by atoms with Crippen molar-refractivity contribution in [2.24, 2.45) is 0 Å². The average Bonchev–Trinajstić information content (AvgIpc) is 2.45. The first kappa shape index (κ1) is 14.8. The third-order valence-electron chi connectivity index (χ3n) is 3.76. The van der Waals surface area contributed by atoms with Gasteiger partial charge in [-0.3, -0.25) is 0 Å². The van der Waals surface area contributed by atoms with Crippen LogP contribution in [0.3, 0.4) is 0 Å². The number of hydrogen-bond donors (Lipinski definition) is 0. The fourth-order valence-electron chi connectivity index (χ4n) is 2.71. The zero-order chi connectivity index (χ0) is 14.5. The second kappa shape index (κ2) is 6.71. The van der Waals surface area contributed by atoms with Crippen LogP contribution in [0.2, 0.25) is 0 Å². The molecule has 0 amide bonds. The highest BCUT2D eigenvalue weighted by Gasteiger charge is 2.22. The van der Waals surface area contributed by atoms with Crippen LogP contribution in [0.15, 0.2) is 6.07 Å². The number of nitrogens with zero attached hydrogens (tertiary/aromatic N) is 3. The molecule has 1 atom stereocenters. The minimum atomic E-state index is 0.307. The summed E-state index contributed by atoms with van der Waals surface area (Å²) < 4.78 is 5.87. The number of aryl methyl sites for hydroxylation is 2. The minimum absolute atomic E-state index is 0.307. The average molecular weight is 273 g/mol. The molecule has 4 heteroatoms. The van der Waals surface area contributed by atoms with Crippen LogP contribution in [0, 0.1) is 25.2 Å². The predicted octanol–water partition coefficient (Wildman–Crippen LogP) is 2.97. The first-order valence-corrected chi connectivity index (χ1v) is 7.40. The smallest absolute Gasteiger partial charge is 0.129 e. The molecule has 0 N–H and O–H groups in total. The molecule has 2 rings (SSSR count). The van der Waals surface area contributed by atoms with Crippen molar-refractivity contribution in [3.05, 3.63) is 22.9 Å². The van der Waals surface area contributed by atoms with E-state index in [0.717, 1.165) is 56.0 Å². The van der Waals surface area contributed by atoms with Gasteiger partial charge in [-0.05, 0) is 44.7 Å². The molecule has 0 bridgehead atoms. The zero-order valence-electron chi connectivity index (χ0n) is 12.6. The van der Waals surface area contributed by atoms with Crippen LogP contribution in [-0.2, 0) is 4.74 Å². The van der Waals surface area contributed by atoms with Crippen LogP contribution in [0.4, 0.5) is 5.82 Å². The fraction of sp³-hybridized carbons (Fsp3) is 0.625. The van der Waals surface area contributed by atoms with Crippen LogP contribution in [0.25, 0.3) is 0 Å². The maximum atomic E-state index is 9.12. The molecule has 0 radical (unpaired) electrons. The molecule has 1 fully saturated rings. The van der Waals surface area contributed by atoms with E-state index in [-0.39, 0.29) is 0 Å². The normalized spacial score (nSPS) is 18.9. The van der Waals surface area contributed by atoms with Gasteiger partial charge in [-0.2, -0.15) is 5.26 Å². The second-order valence-corrected chi connectivity index (χ2v) is 5.45. The molecule has 20 heavy (non-hydrogen) atoms. The number of rotatable bonds is 4. The zero-order valence-corrected chi connectivity index (χ0v) is 12.6. The van der Waals surface area contributed by atoms with E-state index in [9.17, 15) is 0 Å². The molecule has 2 heterocycles. The molecule has 0 spiro atoms. The van der Waals surface area contributed by atoms with Gasteiger partial charge in [0.15, 0.2) is 0 Å². The first-order valence-electron chi connectivity index (χ1n) is 7.40. The van der Waals surface area contributed by atoms with Crippen LogP contribution >= 0.6 is 0 Å². The lowest BCUT2D eigenvalue weighted by Crippen LogP contribution is -2.40. The molecule has 1 aliphatic heterocycles. The van der Waals surface area contributed by atoms with Crippen molar-refractivity contribution in [2.75, 3.05) is 24.6 Å². The van der Waals surface area contributed by atoms with Gasteiger partial charge >= 0.3 is 0 Å². The summed E-state index contributed by atoms with van der Waals surface area (Å²) in [6, 6.07) is 4.25. The van der Waals surface area contributed by atoms with E-state index in [0.29, 0.717) is 11.7 Å². The van der Waals surface area contributed by atoms with E-state index in [1.807, 2.05) is 19.9 Å². The van der Waals surface area contributed by atoms with Gasteiger partial charge in [-0.1, -0.05) is 6.92 Å². The molecule has 4 nitrogen and oxygen atoms in total. The van der Waals surface area contributed by atoms with E-state index >= 15 is 0 Å². The third-order valence-corrected chi connectivity index (χ3v) is 3.76. The Balaban J connectivity index is 2.13. The highest BCUT2D eigenvalue weighted by molar-refractivity contribution is 5.50. The Kier molecular flexibility index (Phi) is 4.97. The number of pyridine rings is 1. The summed E-state index contributed by atoms with van der Waals surface area (Å²) in [7, 11) is 0. The van der Waals surface area contributed by atoms with Gasteiger partial charge in [-0.15, -0.1) is 0 Å². The molecule has 108 valence electrons. The monoisotopic (exact) mass is 273 g/mol. The van der Waals surface area contributed by atoms with E-state index in [1.54, 1.807) is 0 Å². The minimum Gasteiger partial charge on any atom is -0.376 e. The summed E-state index contributed by atoms with van der Waals surface area (Å²) >= 11 is 0. The van der Waals surface area contributed by atoms with Gasteiger partial charge in [0, 0.05) is 19.7 Å². The molecule has 1 aliphatic rings. The largest absolute Gasteiger partial charge is 0.376 e. The van der Waals surface area contributed by atoms with E-state index in [2.05, 4.69) is 22.9 Å². The number of nitriles is 1. The Morgan fingerprint density at radius 2 is 2.30 bits per heavy atom. The molecule has 1 aromatic heterocycles. The number of anilines is 1. The third kappa shape index (κ3) is 3.29. The van der Waals surface area contributed by atoms with Gasteiger partial charge in [0.05, 0.1) is 17.4 Å². The summed E-state index contributed by atoms with van der Waals surface area (Å²) in [5.41, 5.74) is 2.52. The molecular weight excluding hydrogens is 250 g/mol. The van der Waals surface area contributed by atoms with Crippen molar-refractivity contribution in [3.8, 4) is 6.07 Å². The lowest BCUT2D eigenvalue weighted by Gasteiger charge is -2.33. The Labute approximate surface area is 121 Å². The summed E-state index contributed by atoms with van der Waals surface area (Å²) in [5, 5.41) is 9.12. The molecule has 1 aromatic rings. The van der Waals surface area contributed by atoms with Gasteiger partial charge in [0.1, 0.15) is 11.9 Å². The topological polar surface area (TPSA) is 49.1 Å². The van der Waals surface area contributed by atoms with Gasteiger partial charge in [0.2, 0.25) is 0 Å². The lowest BCUT2D eigenvalue weighted by atomic mass is 10.1. The van der Waals surface area contributed by atoms with E-state index in [1.165, 1.54) is 0 Å². The van der Waals surface area contributed by atoms with Gasteiger partial charge < -0.3 is 9.64 Å². The van der Waals surface area contributed by atoms with Crippen molar-refractivity contribution < 1.29 is 4.74 Å². The van der Waals surface area contributed by atoms with Crippen molar-refractivity contribution in [2.45, 2.75) is 46.1 Å². The van der Waals surface area contributed by atoms with Crippen molar-refractivity contribution in [1.82, 2.24) is 4.98 Å². The number of piperidine rings is 1. The predicted molar refractivity (Wildman–Crippen MR) is 79.9 cm³/mol. The molecule has 1 unspecified atom stereocenters. The van der Waals surface area contributed by atoms with Crippen molar-refractivity contribution in [1.29, 1.82) is 5.26 Å². The summed E-state index contributed by atoms with van der Waals surface area (Å²) in [4.78, 5) is 6.87. The first-order chi connectivity index (χ1) is 9.65. The fourth-order valence-corrected chi connectivity index (χ4v) is 2.71. The molecule has 0 aromatic carbocycles. The summed E-state index contributed by atoms with van der Waals surface area (Å²) in [6.45, 7) is 8.77. The van der Waals surface area contributed by atoms with Crippen LogP contribution in [0.5, 0.6) is 0 Å². The number of hydrogen-bond acceptors (Lipinski definition) is 4. The Morgan fingerprint density at radius 3 is 2.95 bits per heavy atom. The van der Waals surface area contributed by atoms with Crippen molar-refractivity contribution in [3.63, 3.8) is 0 Å². The van der Waals surface area contributed by atoms with Crippen LogP contribution in [0.1, 0.15) is 43.0 Å². The van der Waals surface area contributed by atoms with Crippen LogP contribution in [-0.4, -0.2) is 30.8 Å². The Hall–Kier alpha value is -1.60.